The van der Waals surface area contributed by atoms with Crippen LogP contribution in [0.25, 0.3) is 0 Å². The lowest BCUT2D eigenvalue weighted by atomic mass is 10.2. The number of nitrogens with two attached hydrogens (primary N) is 2. The number of amides is 2. The monoisotopic (exact) mass is 311 g/mol. The summed E-state index contributed by atoms with van der Waals surface area (Å²) in [5.74, 6) is -0.499. The van der Waals surface area contributed by atoms with Crippen LogP contribution in [0.5, 0.6) is 0 Å². The van der Waals surface area contributed by atoms with E-state index in [0.717, 1.165) is 31.1 Å². The molecular formula is C13H21N5O2S. The van der Waals surface area contributed by atoms with Crippen LogP contribution in [-0.4, -0.2) is 36.4 Å². The van der Waals surface area contributed by atoms with Gasteiger partial charge in [-0.1, -0.05) is 24.2 Å². The van der Waals surface area contributed by atoms with Crippen molar-refractivity contribution in [2.24, 2.45) is 5.73 Å². The Morgan fingerprint density at radius 2 is 1.90 bits per heavy atom. The summed E-state index contributed by atoms with van der Waals surface area (Å²) in [7, 11) is 0. The molecule has 8 heteroatoms. The van der Waals surface area contributed by atoms with E-state index < -0.39 is 5.91 Å². The first-order chi connectivity index (χ1) is 10.1. The summed E-state index contributed by atoms with van der Waals surface area (Å²) >= 11 is 1.30. The summed E-state index contributed by atoms with van der Waals surface area (Å²) in [5.41, 5.74) is 10.9. The quantitative estimate of drug-likeness (QED) is 0.741. The first-order valence-electron chi connectivity index (χ1n) is 7.15. The zero-order valence-corrected chi connectivity index (χ0v) is 12.7. The van der Waals surface area contributed by atoms with Crippen molar-refractivity contribution in [1.82, 2.24) is 10.3 Å². The SMILES string of the molecule is NC(=O)CCNC(=O)c1sc(N2CCCCCC2)nc1N. The predicted molar refractivity (Wildman–Crippen MR) is 83.4 cm³/mol. The second-order valence-corrected chi connectivity index (χ2v) is 6.06. The molecule has 1 saturated heterocycles. The van der Waals surface area contributed by atoms with E-state index in [1.165, 1.54) is 24.2 Å². The Morgan fingerprint density at radius 3 is 2.52 bits per heavy atom. The van der Waals surface area contributed by atoms with Gasteiger partial charge in [-0.15, -0.1) is 0 Å². The van der Waals surface area contributed by atoms with E-state index in [1.807, 2.05) is 0 Å². The maximum absolute atomic E-state index is 12.0. The van der Waals surface area contributed by atoms with Gasteiger partial charge in [-0.3, -0.25) is 9.59 Å². The van der Waals surface area contributed by atoms with Crippen LogP contribution in [0.3, 0.4) is 0 Å². The highest BCUT2D eigenvalue weighted by atomic mass is 32.1. The van der Waals surface area contributed by atoms with Gasteiger partial charge in [-0.25, -0.2) is 4.98 Å². The number of hydrogen-bond acceptors (Lipinski definition) is 6. The van der Waals surface area contributed by atoms with Crippen LogP contribution < -0.4 is 21.7 Å². The van der Waals surface area contributed by atoms with E-state index in [4.69, 9.17) is 11.5 Å². The van der Waals surface area contributed by atoms with Crippen molar-refractivity contribution < 1.29 is 9.59 Å². The molecule has 0 bridgehead atoms. The zero-order valence-electron chi connectivity index (χ0n) is 11.9. The second kappa shape index (κ2) is 7.26. The van der Waals surface area contributed by atoms with Gasteiger partial charge in [0.15, 0.2) is 5.13 Å². The van der Waals surface area contributed by atoms with E-state index in [1.54, 1.807) is 0 Å². The van der Waals surface area contributed by atoms with Crippen molar-refractivity contribution in [1.29, 1.82) is 0 Å². The van der Waals surface area contributed by atoms with E-state index in [2.05, 4.69) is 15.2 Å². The van der Waals surface area contributed by atoms with Crippen molar-refractivity contribution in [2.45, 2.75) is 32.1 Å². The molecule has 0 aromatic carbocycles. The third-order valence-corrected chi connectivity index (χ3v) is 4.51. The molecule has 1 aromatic rings. The fourth-order valence-electron chi connectivity index (χ4n) is 2.26. The molecule has 1 fully saturated rings. The summed E-state index contributed by atoms with van der Waals surface area (Å²) in [6.45, 7) is 2.12. The first kappa shape index (κ1) is 15.6. The van der Waals surface area contributed by atoms with Crippen LogP contribution >= 0.6 is 11.3 Å². The van der Waals surface area contributed by atoms with Crippen LogP contribution in [0.4, 0.5) is 10.9 Å². The zero-order chi connectivity index (χ0) is 15.2. The minimum absolute atomic E-state index is 0.115. The fraction of sp³-hybridized carbons (Fsp3) is 0.615. The average molecular weight is 311 g/mol. The second-order valence-electron chi connectivity index (χ2n) is 5.08. The van der Waals surface area contributed by atoms with Crippen molar-refractivity contribution in [3.05, 3.63) is 4.88 Å². The molecule has 1 aliphatic rings. The molecule has 2 heterocycles. The minimum Gasteiger partial charge on any atom is -0.382 e. The number of rotatable bonds is 5. The summed E-state index contributed by atoms with van der Waals surface area (Å²) in [6, 6.07) is 0. The molecule has 0 spiro atoms. The molecule has 0 radical (unpaired) electrons. The molecule has 1 aromatic heterocycles. The highest BCUT2D eigenvalue weighted by molar-refractivity contribution is 7.18. The molecule has 0 aliphatic carbocycles. The van der Waals surface area contributed by atoms with Gasteiger partial charge < -0.3 is 21.7 Å². The average Bonchev–Trinajstić information content (AvgIpc) is 2.64. The van der Waals surface area contributed by atoms with Gasteiger partial charge in [0.05, 0.1) is 0 Å². The number of primary amides is 1. The molecule has 7 nitrogen and oxygen atoms in total. The maximum atomic E-state index is 12.0. The molecule has 0 unspecified atom stereocenters. The van der Waals surface area contributed by atoms with Crippen LogP contribution in [-0.2, 0) is 4.79 Å². The summed E-state index contributed by atoms with van der Waals surface area (Å²) in [4.78, 5) is 29.6. The number of carbonyl (C=O) groups excluding carboxylic acids is 2. The minimum atomic E-state index is -0.446. The lowest BCUT2D eigenvalue weighted by Crippen LogP contribution is -2.27. The Morgan fingerprint density at radius 1 is 1.24 bits per heavy atom. The van der Waals surface area contributed by atoms with Gasteiger partial charge in [0.25, 0.3) is 5.91 Å². The number of thiazole rings is 1. The Bertz CT molecular complexity index is 509. The summed E-state index contributed by atoms with van der Waals surface area (Å²) in [5, 5.41) is 3.43. The standard InChI is InChI=1S/C13H21N5O2S/c14-9(19)5-6-16-12(20)10-11(15)17-13(21-10)18-7-3-1-2-4-8-18/h1-8,15H2,(H2,14,19)(H,16,20). The van der Waals surface area contributed by atoms with Crippen LogP contribution in [0.1, 0.15) is 41.8 Å². The fourth-order valence-corrected chi connectivity index (χ4v) is 3.21. The number of carbonyl (C=O) groups is 2. The molecule has 2 rings (SSSR count). The van der Waals surface area contributed by atoms with Crippen molar-refractivity contribution in [2.75, 3.05) is 30.3 Å². The van der Waals surface area contributed by atoms with E-state index in [0.29, 0.717) is 4.88 Å². The van der Waals surface area contributed by atoms with Gasteiger partial charge in [0.2, 0.25) is 5.91 Å². The Hall–Kier alpha value is -1.83. The lowest BCUT2D eigenvalue weighted by molar-refractivity contribution is -0.117. The molecule has 0 atom stereocenters. The summed E-state index contributed by atoms with van der Waals surface area (Å²) < 4.78 is 0. The van der Waals surface area contributed by atoms with Crippen LogP contribution in [0, 0.1) is 0 Å². The number of nitrogens with one attached hydrogen (secondary N) is 1. The van der Waals surface area contributed by atoms with Crippen LogP contribution in [0.15, 0.2) is 0 Å². The maximum Gasteiger partial charge on any atom is 0.265 e. The number of nitrogens with zero attached hydrogens (tertiary/aromatic N) is 2. The van der Waals surface area contributed by atoms with Gasteiger partial charge >= 0.3 is 0 Å². The number of nitrogen functional groups attached to an aromatic ring is 1. The van der Waals surface area contributed by atoms with E-state index in [9.17, 15) is 9.59 Å². The highest BCUT2D eigenvalue weighted by Gasteiger charge is 2.20. The number of hydrogen-bond donors (Lipinski definition) is 3. The normalized spacial score (nSPS) is 15.5. The third-order valence-electron chi connectivity index (χ3n) is 3.38. The largest absolute Gasteiger partial charge is 0.382 e. The van der Waals surface area contributed by atoms with Crippen molar-refractivity contribution in [3.63, 3.8) is 0 Å². The van der Waals surface area contributed by atoms with E-state index >= 15 is 0 Å². The smallest absolute Gasteiger partial charge is 0.265 e. The topological polar surface area (TPSA) is 114 Å². The molecule has 21 heavy (non-hydrogen) atoms. The van der Waals surface area contributed by atoms with Gasteiger partial charge in [-0.05, 0) is 12.8 Å². The molecular weight excluding hydrogens is 290 g/mol. The van der Waals surface area contributed by atoms with Gasteiger partial charge in [-0.2, -0.15) is 0 Å². The molecule has 0 saturated carbocycles. The third kappa shape index (κ3) is 4.32. The molecule has 1 aliphatic heterocycles. The van der Waals surface area contributed by atoms with Gasteiger partial charge in [0, 0.05) is 26.1 Å². The Kier molecular flexibility index (Phi) is 5.38. The lowest BCUT2D eigenvalue weighted by Gasteiger charge is -2.18. The first-order valence-corrected chi connectivity index (χ1v) is 7.97. The highest BCUT2D eigenvalue weighted by Crippen LogP contribution is 2.29. The predicted octanol–water partition coefficient (Wildman–Crippen LogP) is 0.711. The number of aromatic nitrogens is 1. The Labute approximate surface area is 127 Å². The number of anilines is 2. The Balaban J connectivity index is 2.00. The van der Waals surface area contributed by atoms with Crippen molar-refractivity contribution >= 4 is 34.1 Å². The van der Waals surface area contributed by atoms with E-state index in [-0.39, 0.29) is 24.7 Å². The molecule has 5 N–H and O–H groups in total. The molecule has 116 valence electrons. The molecule has 2 amide bonds. The van der Waals surface area contributed by atoms with Gasteiger partial charge in [0.1, 0.15) is 10.7 Å². The van der Waals surface area contributed by atoms with Crippen molar-refractivity contribution in [3.8, 4) is 0 Å². The van der Waals surface area contributed by atoms with Crippen LogP contribution in [0.2, 0.25) is 0 Å². The summed E-state index contributed by atoms with van der Waals surface area (Å²) in [6.07, 6.45) is 4.86.